The van der Waals surface area contributed by atoms with Crippen LogP contribution in [0.5, 0.6) is 5.75 Å². The molecule has 1 fully saturated rings. The molecule has 0 spiro atoms. The first-order chi connectivity index (χ1) is 12.2. The molecule has 1 N–H and O–H groups in total. The van der Waals surface area contributed by atoms with Crippen LogP contribution in [0.2, 0.25) is 0 Å². The number of hydrogen-bond acceptors (Lipinski definition) is 4. The molecule has 1 aliphatic rings. The van der Waals surface area contributed by atoms with Gasteiger partial charge in [-0.15, -0.1) is 0 Å². The average molecular weight is 340 g/mol. The molecule has 130 valence electrons. The number of ether oxygens (including phenoxy) is 1. The van der Waals surface area contributed by atoms with Gasteiger partial charge in [0.25, 0.3) is 5.91 Å². The molecule has 2 aromatic rings. The van der Waals surface area contributed by atoms with Gasteiger partial charge in [0.1, 0.15) is 19.0 Å². The van der Waals surface area contributed by atoms with E-state index in [0.29, 0.717) is 18.6 Å². The average Bonchev–Trinajstić information content (AvgIpc) is 3.08. The van der Waals surface area contributed by atoms with Crippen LogP contribution in [0.3, 0.4) is 0 Å². The zero-order valence-electron chi connectivity index (χ0n) is 13.8. The lowest BCUT2D eigenvalue weighted by Crippen LogP contribution is -2.26. The van der Waals surface area contributed by atoms with E-state index in [2.05, 4.69) is 5.48 Å². The van der Waals surface area contributed by atoms with E-state index in [0.717, 1.165) is 24.4 Å². The van der Waals surface area contributed by atoms with Gasteiger partial charge in [0.2, 0.25) is 5.91 Å². The molecule has 3 rings (SSSR count). The topological polar surface area (TPSA) is 67.9 Å². The minimum atomic E-state index is -0.334. The van der Waals surface area contributed by atoms with Gasteiger partial charge < -0.3 is 9.64 Å². The minimum Gasteiger partial charge on any atom is -0.491 e. The summed E-state index contributed by atoms with van der Waals surface area (Å²) in [5.41, 5.74) is 3.67. The molecule has 0 radical (unpaired) electrons. The highest BCUT2D eigenvalue weighted by Gasteiger charge is 2.21. The van der Waals surface area contributed by atoms with Gasteiger partial charge >= 0.3 is 0 Å². The predicted molar refractivity (Wildman–Crippen MR) is 93.4 cm³/mol. The van der Waals surface area contributed by atoms with Gasteiger partial charge in [0.15, 0.2) is 0 Å². The second-order valence-electron chi connectivity index (χ2n) is 5.64. The number of nitrogens with one attached hydrogen (secondary N) is 1. The van der Waals surface area contributed by atoms with E-state index in [1.165, 1.54) is 0 Å². The Morgan fingerprint density at radius 3 is 2.48 bits per heavy atom. The number of para-hydroxylation sites is 1. The predicted octanol–water partition coefficient (Wildman–Crippen LogP) is 2.55. The maximum atomic E-state index is 12.0. The van der Waals surface area contributed by atoms with Crippen molar-refractivity contribution in [3.63, 3.8) is 0 Å². The third kappa shape index (κ3) is 4.58. The fourth-order valence-corrected chi connectivity index (χ4v) is 2.61. The minimum absolute atomic E-state index is 0.124. The summed E-state index contributed by atoms with van der Waals surface area (Å²) in [6.45, 7) is 1.30. The third-order valence-electron chi connectivity index (χ3n) is 3.88. The summed E-state index contributed by atoms with van der Waals surface area (Å²) >= 11 is 0. The van der Waals surface area contributed by atoms with Crippen molar-refractivity contribution in [1.82, 2.24) is 5.48 Å². The Bertz CT molecular complexity index is 716. The normalized spacial score (nSPS) is 13.8. The van der Waals surface area contributed by atoms with E-state index >= 15 is 0 Å². The molecule has 1 heterocycles. The number of nitrogens with zero attached hydrogens (tertiary/aromatic N) is 1. The van der Waals surface area contributed by atoms with Crippen LogP contribution in [-0.2, 0) is 9.63 Å². The second-order valence-corrected chi connectivity index (χ2v) is 5.64. The number of amides is 2. The first-order valence-corrected chi connectivity index (χ1v) is 8.24. The van der Waals surface area contributed by atoms with E-state index in [9.17, 15) is 9.59 Å². The van der Waals surface area contributed by atoms with Gasteiger partial charge in [0.05, 0.1) is 0 Å². The molecule has 2 aromatic carbocycles. The van der Waals surface area contributed by atoms with Gasteiger partial charge in [-0.25, -0.2) is 5.48 Å². The Labute approximate surface area is 146 Å². The SMILES string of the molecule is O=C(NOCCOc1ccccc1)c1ccc(N2CCCC2=O)cc1. The molecule has 0 saturated carbocycles. The van der Waals surface area contributed by atoms with Crippen LogP contribution in [-0.4, -0.2) is 31.6 Å². The highest BCUT2D eigenvalue weighted by Crippen LogP contribution is 2.21. The van der Waals surface area contributed by atoms with E-state index in [4.69, 9.17) is 9.57 Å². The van der Waals surface area contributed by atoms with Crippen molar-refractivity contribution >= 4 is 17.5 Å². The summed E-state index contributed by atoms with van der Waals surface area (Å²) in [6, 6.07) is 16.3. The standard InChI is InChI=1S/C19H20N2O4/c22-18-7-4-12-21(18)16-10-8-15(9-11-16)19(23)20-25-14-13-24-17-5-2-1-3-6-17/h1-3,5-6,8-11H,4,7,12-14H2,(H,20,23). The molecule has 6 heteroatoms. The molecule has 0 bridgehead atoms. The summed E-state index contributed by atoms with van der Waals surface area (Å²) in [4.78, 5) is 30.6. The lowest BCUT2D eigenvalue weighted by molar-refractivity contribution is -0.117. The van der Waals surface area contributed by atoms with E-state index < -0.39 is 0 Å². The van der Waals surface area contributed by atoms with Gasteiger partial charge in [-0.05, 0) is 42.8 Å². The van der Waals surface area contributed by atoms with Crippen molar-refractivity contribution in [1.29, 1.82) is 0 Å². The Morgan fingerprint density at radius 1 is 1.04 bits per heavy atom. The van der Waals surface area contributed by atoms with Gasteiger partial charge in [-0.2, -0.15) is 0 Å². The Hall–Kier alpha value is -2.86. The molecule has 0 atom stereocenters. The molecule has 2 amide bonds. The largest absolute Gasteiger partial charge is 0.491 e. The maximum Gasteiger partial charge on any atom is 0.274 e. The Morgan fingerprint density at radius 2 is 1.80 bits per heavy atom. The van der Waals surface area contributed by atoms with Crippen LogP contribution in [0.15, 0.2) is 54.6 Å². The van der Waals surface area contributed by atoms with Crippen molar-refractivity contribution in [2.45, 2.75) is 12.8 Å². The van der Waals surface area contributed by atoms with E-state index in [-0.39, 0.29) is 18.4 Å². The Balaban J connectivity index is 1.41. The monoisotopic (exact) mass is 340 g/mol. The summed E-state index contributed by atoms with van der Waals surface area (Å²) < 4.78 is 5.46. The summed E-state index contributed by atoms with van der Waals surface area (Å²) in [5.74, 6) is 0.544. The second kappa shape index (κ2) is 8.30. The van der Waals surface area contributed by atoms with Gasteiger partial charge in [-0.1, -0.05) is 18.2 Å². The zero-order valence-corrected chi connectivity index (χ0v) is 13.8. The molecule has 6 nitrogen and oxygen atoms in total. The molecular weight excluding hydrogens is 320 g/mol. The zero-order chi connectivity index (χ0) is 17.5. The quantitative estimate of drug-likeness (QED) is 0.621. The van der Waals surface area contributed by atoms with Crippen LogP contribution >= 0.6 is 0 Å². The lowest BCUT2D eigenvalue weighted by Gasteiger charge is -2.15. The van der Waals surface area contributed by atoms with Crippen LogP contribution in [0.1, 0.15) is 23.2 Å². The maximum absolute atomic E-state index is 12.0. The molecule has 0 aliphatic carbocycles. The molecule has 0 unspecified atom stereocenters. The molecule has 1 saturated heterocycles. The van der Waals surface area contributed by atoms with Crippen molar-refractivity contribution in [3.05, 3.63) is 60.2 Å². The fourth-order valence-electron chi connectivity index (χ4n) is 2.61. The highest BCUT2D eigenvalue weighted by molar-refractivity contribution is 5.97. The van der Waals surface area contributed by atoms with Crippen LogP contribution < -0.4 is 15.1 Å². The van der Waals surface area contributed by atoms with Crippen molar-refractivity contribution < 1.29 is 19.2 Å². The van der Waals surface area contributed by atoms with Crippen molar-refractivity contribution in [2.75, 3.05) is 24.7 Å². The van der Waals surface area contributed by atoms with Crippen LogP contribution in [0, 0.1) is 0 Å². The first-order valence-electron chi connectivity index (χ1n) is 8.24. The van der Waals surface area contributed by atoms with E-state index in [1.54, 1.807) is 29.2 Å². The lowest BCUT2D eigenvalue weighted by atomic mass is 10.2. The summed E-state index contributed by atoms with van der Waals surface area (Å²) in [6.07, 6.45) is 1.46. The molecule has 25 heavy (non-hydrogen) atoms. The fraction of sp³-hybridized carbons (Fsp3) is 0.263. The Kier molecular flexibility index (Phi) is 5.64. The van der Waals surface area contributed by atoms with Crippen LogP contribution in [0.4, 0.5) is 5.69 Å². The molecule has 0 aromatic heterocycles. The smallest absolute Gasteiger partial charge is 0.274 e. The summed E-state index contributed by atoms with van der Waals surface area (Å²) in [5, 5.41) is 0. The van der Waals surface area contributed by atoms with Crippen LogP contribution in [0.25, 0.3) is 0 Å². The summed E-state index contributed by atoms with van der Waals surface area (Å²) in [7, 11) is 0. The molecule has 1 aliphatic heterocycles. The number of anilines is 1. The van der Waals surface area contributed by atoms with Crippen molar-refractivity contribution in [2.24, 2.45) is 0 Å². The van der Waals surface area contributed by atoms with E-state index in [1.807, 2.05) is 30.3 Å². The number of carbonyl (C=O) groups excluding carboxylic acids is 2. The number of carbonyl (C=O) groups is 2. The first kappa shape index (κ1) is 17.0. The highest BCUT2D eigenvalue weighted by atomic mass is 16.7. The van der Waals surface area contributed by atoms with Gasteiger partial charge in [-0.3, -0.25) is 14.4 Å². The number of benzene rings is 2. The number of hydroxylamine groups is 1. The third-order valence-corrected chi connectivity index (χ3v) is 3.88. The van der Waals surface area contributed by atoms with Crippen molar-refractivity contribution in [3.8, 4) is 5.75 Å². The van der Waals surface area contributed by atoms with Gasteiger partial charge in [0, 0.05) is 24.2 Å². The number of hydrogen-bond donors (Lipinski definition) is 1. The molecular formula is C19H20N2O4. The number of rotatable bonds is 7.